The molecule has 0 radical (unpaired) electrons. The number of nitrogens with one attached hydrogen (secondary N) is 4. The van der Waals surface area contributed by atoms with Crippen molar-refractivity contribution in [3.8, 4) is 5.75 Å². The van der Waals surface area contributed by atoms with Crippen LogP contribution in [-0.2, 0) is 4.79 Å². The smallest absolute Gasteiger partial charge is 0.257 e. The van der Waals surface area contributed by atoms with Crippen molar-refractivity contribution in [2.45, 2.75) is 13.8 Å². The summed E-state index contributed by atoms with van der Waals surface area (Å²) in [6, 6.07) is 13.4. The number of carbonyl (C=O) groups excluding carboxylic acids is 1. The highest BCUT2D eigenvalue weighted by molar-refractivity contribution is 7.80. The van der Waals surface area contributed by atoms with E-state index in [1.165, 1.54) is 0 Å². The van der Waals surface area contributed by atoms with Gasteiger partial charge in [0.05, 0.1) is 13.7 Å². The molecule has 1 amide bonds. The first kappa shape index (κ1) is 18.5. The summed E-state index contributed by atoms with van der Waals surface area (Å²) in [7, 11) is 1.61. The Morgan fingerprint density at radius 2 is 1.64 bits per heavy atom. The predicted octanol–water partition coefficient (Wildman–Crippen LogP) is 2.74. The van der Waals surface area contributed by atoms with Gasteiger partial charge in [-0.1, -0.05) is 6.07 Å². The van der Waals surface area contributed by atoms with Crippen LogP contribution in [0.5, 0.6) is 5.75 Å². The Morgan fingerprint density at radius 1 is 1.00 bits per heavy atom. The number of rotatable bonds is 5. The highest BCUT2D eigenvalue weighted by atomic mass is 32.1. The second-order valence-electron chi connectivity index (χ2n) is 5.59. The molecule has 0 saturated heterocycles. The van der Waals surface area contributed by atoms with Gasteiger partial charge in [0.15, 0.2) is 5.11 Å². The van der Waals surface area contributed by atoms with Crippen LogP contribution in [0.25, 0.3) is 0 Å². The minimum Gasteiger partial charge on any atom is -0.497 e. The molecule has 6 nitrogen and oxygen atoms in total. The number of amides is 1. The van der Waals surface area contributed by atoms with E-state index in [1.54, 1.807) is 7.11 Å². The van der Waals surface area contributed by atoms with Crippen LogP contribution in [0, 0.1) is 13.8 Å². The fourth-order valence-corrected chi connectivity index (χ4v) is 2.44. The van der Waals surface area contributed by atoms with Crippen LogP contribution in [0.4, 0.5) is 11.4 Å². The number of carbonyl (C=O) groups is 1. The molecule has 0 heterocycles. The lowest BCUT2D eigenvalue weighted by molar-refractivity contribution is -0.119. The fraction of sp³-hybridized carbons (Fsp3) is 0.222. The molecule has 7 heteroatoms. The molecule has 0 atom stereocenters. The maximum absolute atomic E-state index is 11.9. The molecule has 0 unspecified atom stereocenters. The first-order valence-corrected chi connectivity index (χ1v) is 8.19. The average Bonchev–Trinajstić information content (AvgIpc) is 2.57. The topological polar surface area (TPSA) is 74.4 Å². The van der Waals surface area contributed by atoms with Gasteiger partial charge < -0.3 is 15.4 Å². The Morgan fingerprint density at radius 3 is 2.24 bits per heavy atom. The number of ether oxygens (including phenoxy) is 1. The first-order chi connectivity index (χ1) is 12.0. The summed E-state index contributed by atoms with van der Waals surface area (Å²) in [6.45, 7) is 4.15. The molecule has 0 bridgehead atoms. The van der Waals surface area contributed by atoms with Gasteiger partial charge in [-0.05, 0) is 73.6 Å². The van der Waals surface area contributed by atoms with E-state index in [1.807, 2.05) is 50.2 Å². The SMILES string of the molecule is COc1ccc(NCC(=O)NNC(=S)Nc2cc(C)cc(C)c2)cc1. The Kier molecular flexibility index (Phi) is 6.59. The Balaban J connectivity index is 1.74. The Bertz CT molecular complexity index is 727. The molecule has 0 aliphatic carbocycles. The molecule has 4 N–H and O–H groups in total. The van der Waals surface area contributed by atoms with Crippen molar-refractivity contribution in [3.63, 3.8) is 0 Å². The minimum atomic E-state index is -0.236. The summed E-state index contributed by atoms with van der Waals surface area (Å²) in [6.07, 6.45) is 0. The van der Waals surface area contributed by atoms with Gasteiger partial charge in [0.2, 0.25) is 0 Å². The van der Waals surface area contributed by atoms with E-state index in [0.29, 0.717) is 5.11 Å². The van der Waals surface area contributed by atoms with Crippen LogP contribution in [0.15, 0.2) is 42.5 Å². The second kappa shape index (κ2) is 8.89. The van der Waals surface area contributed by atoms with E-state index in [4.69, 9.17) is 17.0 Å². The molecule has 0 aliphatic heterocycles. The molecule has 0 aliphatic rings. The number of benzene rings is 2. The molecule has 2 rings (SSSR count). The molecular weight excluding hydrogens is 336 g/mol. The molecule has 2 aromatic carbocycles. The van der Waals surface area contributed by atoms with Gasteiger partial charge in [-0.25, -0.2) is 0 Å². The van der Waals surface area contributed by atoms with Gasteiger partial charge in [-0.3, -0.25) is 15.6 Å². The highest BCUT2D eigenvalue weighted by Crippen LogP contribution is 2.15. The van der Waals surface area contributed by atoms with E-state index >= 15 is 0 Å². The van der Waals surface area contributed by atoms with E-state index in [0.717, 1.165) is 28.3 Å². The summed E-state index contributed by atoms with van der Waals surface area (Å²) in [4.78, 5) is 11.9. The molecule has 0 fully saturated rings. The van der Waals surface area contributed by atoms with Crippen molar-refractivity contribution in [2.75, 3.05) is 24.3 Å². The van der Waals surface area contributed by atoms with Crippen LogP contribution in [0.3, 0.4) is 0 Å². The third-order valence-electron chi connectivity index (χ3n) is 3.34. The molecule has 0 aromatic heterocycles. The molecule has 0 saturated carbocycles. The second-order valence-corrected chi connectivity index (χ2v) is 5.99. The molecule has 25 heavy (non-hydrogen) atoms. The number of aryl methyl sites for hydroxylation is 2. The minimum absolute atomic E-state index is 0.117. The zero-order valence-corrected chi connectivity index (χ0v) is 15.3. The van der Waals surface area contributed by atoms with Crippen LogP contribution in [0.2, 0.25) is 0 Å². The summed E-state index contributed by atoms with van der Waals surface area (Å²) < 4.78 is 5.08. The van der Waals surface area contributed by atoms with E-state index in [2.05, 4.69) is 27.6 Å². The standard InChI is InChI=1S/C18H22N4O2S/c1-12-8-13(2)10-15(9-12)20-18(25)22-21-17(23)11-19-14-4-6-16(24-3)7-5-14/h4-10,19H,11H2,1-3H3,(H,21,23)(H2,20,22,25). The summed E-state index contributed by atoms with van der Waals surface area (Å²) in [5, 5.41) is 6.37. The summed E-state index contributed by atoms with van der Waals surface area (Å²) >= 11 is 5.18. The van der Waals surface area contributed by atoms with Gasteiger partial charge >= 0.3 is 0 Å². The summed E-state index contributed by atoms with van der Waals surface area (Å²) in [5.41, 5.74) is 9.21. The first-order valence-electron chi connectivity index (χ1n) is 7.78. The predicted molar refractivity (Wildman–Crippen MR) is 105 cm³/mol. The third kappa shape index (κ3) is 6.31. The summed E-state index contributed by atoms with van der Waals surface area (Å²) in [5.74, 6) is 0.528. The number of hydrogen-bond donors (Lipinski definition) is 4. The van der Waals surface area contributed by atoms with E-state index < -0.39 is 0 Å². The largest absolute Gasteiger partial charge is 0.497 e. The lowest BCUT2D eigenvalue weighted by Gasteiger charge is -2.13. The van der Waals surface area contributed by atoms with Crippen molar-refractivity contribution in [1.29, 1.82) is 0 Å². The van der Waals surface area contributed by atoms with Gasteiger partial charge in [-0.2, -0.15) is 0 Å². The van der Waals surface area contributed by atoms with Crippen LogP contribution in [0.1, 0.15) is 11.1 Å². The van der Waals surface area contributed by atoms with Crippen molar-refractivity contribution < 1.29 is 9.53 Å². The quantitative estimate of drug-likeness (QED) is 0.487. The van der Waals surface area contributed by atoms with Crippen LogP contribution >= 0.6 is 12.2 Å². The normalized spacial score (nSPS) is 9.88. The van der Waals surface area contributed by atoms with E-state index in [-0.39, 0.29) is 12.5 Å². The average molecular weight is 358 g/mol. The van der Waals surface area contributed by atoms with Gasteiger partial charge in [0, 0.05) is 11.4 Å². The van der Waals surface area contributed by atoms with Gasteiger partial charge in [-0.15, -0.1) is 0 Å². The number of hydrazine groups is 1. The van der Waals surface area contributed by atoms with Crippen molar-refractivity contribution in [2.24, 2.45) is 0 Å². The van der Waals surface area contributed by atoms with Crippen molar-refractivity contribution in [3.05, 3.63) is 53.6 Å². The zero-order valence-electron chi connectivity index (χ0n) is 14.5. The molecule has 0 spiro atoms. The maximum atomic E-state index is 11.9. The molecule has 132 valence electrons. The third-order valence-corrected chi connectivity index (χ3v) is 3.54. The zero-order chi connectivity index (χ0) is 18.2. The lowest BCUT2D eigenvalue weighted by atomic mass is 10.1. The maximum Gasteiger partial charge on any atom is 0.257 e. The highest BCUT2D eigenvalue weighted by Gasteiger charge is 2.03. The Labute approximate surface area is 152 Å². The number of anilines is 2. The van der Waals surface area contributed by atoms with E-state index in [9.17, 15) is 4.79 Å². The van der Waals surface area contributed by atoms with Crippen molar-refractivity contribution in [1.82, 2.24) is 10.9 Å². The number of thiocarbonyl (C=S) groups is 1. The number of hydrogen-bond acceptors (Lipinski definition) is 4. The van der Waals surface area contributed by atoms with Crippen LogP contribution in [-0.4, -0.2) is 24.7 Å². The van der Waals surface area contributed by atoms with Gasteiger partial charge in [0.25, 0.3) is 5.91 Å². The fourth-order valence-electron chi connectivity index (χ4n) is 2.27. The molecule has 2 aromatic rings. The monoisotopic (exact) mass is 358 g/mol. The Hall–Kier alpha value is -2.80. The van der Waals surface area contributed by atoms with Crippen molar-refractivity contribution >= 4 is 34.6 Å². The molecular formula is C18H22N4O2S. The lowest BCUT2D eigenvalue weighted by Crippen LogP contribution is -2.45. The van der Waals surface area contributed by atoms with Gasteiger partial charge in [0.1, 0.15) is 5.75 Å². The van der Waals surface area contributed by atoms with Crippen LogP contribution < -0.4 is 26.2 Å². The number of methoxy groups -OCH3 is 1.